The number of thiazole rings is 2. The van der Waals surface area contributed by atoms with Gasteiger partial charge in [-0.05, 0) is 26.7 Å². The molecule has 0 spiro atoms. The molecule has 0 aromatic carbocycles. The Morgan fingerprint density at radius 2 is 2.05 bits per heavy atom. The lowest BCUT2D eigenvalue weighted by molar-refractivity contribution is 0.425. The Morgan fingerprint density at radius 1 is 1.32 bits per heavy atom. The van der Waals surface area contributed by atoms with Crippen molar-refractivity contribution >= 4 is 22.7 Å². The Hall–Kier alpha value is -0.780. The maximum Gasteiger partial charge on any atom is 0.143 e. The summed E-state index contributed by atoms with van der Waals surface area (Å²) in [5, 5.41) is 6.64. The number of aromatic nitrogens is 2. The third-order valence-electron chi connectivity index (χ3n) is 2.71. The van der Waals surface area contributed by atoms with E-state index in [2.05, 4.69) is 50.3 Å². The normalized spacial score (nSPS) is 12.3. The summed E-state index contributed by atoms with van der Waals surface area (Å²) >= 11 is 3.37. The SMILES string of the molecule is CC(C)c1nc(-c2cscn2)sc1CNC(C)(C)C. The van der Waals surface area contributed by atoms with Crippen molar-refractivity contribution in [1.82, 2.24) is 15.3 Å². The summed E-state index contributed by atoms with van der Waals surface area (Å²) in [5.74, 6) is 0.445. The van der Waals surface area contributed by atoms with Crippen LogP contribution in [0.4, 0.5) is 0 Å². The van der Waals surface area contributed by atoms with Gasteiger partial charge in [-0.15, -0.1) is 22.7 Å². The summed E-state index contributed by atoms with van der Waals surface area (Å²) in [6, 6.07) is 0. The Bertz CT molecular complexity index is 521. The van der Waals surface area contributed by atoms with Crippen LogP contribution in [0.25, 0.3) is 10.7 Å². The first-order valence-corrected chi connectivity index (χ1v) is 8.26. The van der Waals surface area contributed by atoms with Crippen molar-refractivity contribution < 1.29 is 0 Å². The van der Waals surface area contributed by atoms with Crippen molar-refractivity contribution in [3.8, 4) is 10.7 Å². The third kappa shape index (κ3) is 3.84. The van der Waals surface area contributed by atoms with Crippen molar-refractivity contribution in [3.63, 3.8) is 0 Å². The number of nitrogens with one attached hydrogen (secondary N) is 1. The first-order chi connectivity index (χ1) is 8.87. The molecule has 2 heterocycles. The minimum Gasteiger partial charge on any atom is -0.307 e. The van der Waals surface area contributed by atoms with Crippen LogP contribution in [0.5, 0.6) is 0 Å². The van der Waals surface area contributed by atoms with Crippen molar-refractivity contribution in [2.45, 2.75) is 52.6 Å². The van der Waals surface area contributed by atoms with Crippen molar-refractivity contribution in [2.75, 3.05) is 0 Å². The quantitative estimate of drug-likeness (QED) is 0.915. The van der Waals surface area contributed by atoms with Gasteiger partial charge in [0.25, 0.3) is 0 Å². The minimum absolute atomic E-state index is 0.124. The van der Waals surface area contributed by atoms with Crippen molar-refractivity contribution in [3.05, 3.63) is 21.5 Å². The second-order valence-corrected chi connectivity index (χ2v) is 7.76. The van der Waals surface area contributed by atoms with Crippen LogP contribution in [0.2, 0.25) is 0 Å². The molecule has 0 unspecified atom stereocenters. The van der Waals surface area contributed by atoms with Gasteiger partial charge < -0.3 is 5.32 Å². The van der Waals surface area contributed by atoms with Crippen LogP contribution in [0, 0.1) is 0 Å². The topological polar surface area (TPSA) is 37.8 Å². The number of hydrogen-bond donors (Lipinski definition) is 1. The Kier molecular flexibility index (Phi) is 4.38. The predicted octanol–water partition coefficient (Wildman–Crippen LogP) is 4.28. The summed E-state index contributed by atoms with van der Waals surface area (Å²) in [7, 11) is 0. The van der Waals surface area contributed by atoms with Crippen LogP contribution in [0.1, 0.15) is 51.1 Å². The summed E-state index contributed by atoms with van der Waals surface area (Å²) in [6.45, 7) is 11.8. The van der Waals surface area contributed by atoms with Gasteiger partial charge in [0.1, 0.15) is 10.7 Å². The molecule has 0 radical (unpaired) electrons. The van der Waals surface area contributed by atoms with Gasteiger partial charge in [-0.1, -0.05) is 13.8 Å². The molecular formula is C14H21N3S2. The molecule has 0 saturated carbocycles. The van der Waals surface area contributed by atoms with Crippen LogP contribution in [0.3, 0.4) is 0 Å². The van der Waals surface area contributed by atoms with Crippen molar-refractivity contribution in [1.29, 1.82) is 0 Å². The molecular weight excluding hydrogens is 274 g/mol. The third-order valence-corrected chi connectivity index (χ3v) is 4.39. The van der Waals surface area contributed by atoms with Crippen LogP contribution in [-0.4, -0.2) is 15.5 Å². The van der Waals surface area contributed by atoms with Crippen LogP contribution in [-0.2, 0) is 6.54 Å². The van der Waals surface area contributed by atoms with Gasteiger partial charge in [-0.25, -0.2) is 9.97 Å². The number of nitrogens with zero attached hydrogens (tertiary/aromatic N) is 2. The highest BCUT2D eigenvalue weighted by Gasteiger charge is 2.18. The minimum atomic E-state index is 0.124. The lowest BCUT2D eigenvalue weighted by atomic mass is 10.1. The van der Waals surface area contributed by atoms with E-state index in [-0.39, 0.29) is 5.54 Å². The van der Waals surface area contributed by atoms with Gasteiger partial charge in [-0.3, -0.25) is 0 Å². The summed E-state index contributed by atoms with van der Waals surface area (Å²) in [5.41, 5.74) is 4.18. The van der Waals surface area contributed by atoms with E-state index >= 15 is 0 Å². The van der Waals surface area contributed by atoms with Crippen LogP contribution >= 0.6 is 22.7 Å². The fraction of sp³-hybridized carbons (Fsp3) is 0.571. The zero-order chi connectivity index (χ0) is 14.0. The highest BCUT2D eigenvalue weighted by atomic mass is 32.1. The Labute approximate surface area is 123 Å². The van der Waals surface area contributed by atoms with E-state index in [0.29, 0.717) is 5.92 Å². The molecule has 104 valence electrons. The van der Waals surface area contributed by atoms with Gasteiger partial charge >= 0.3 is 0 Å². The molecule has 0 fully saturated rings. The van der Waals surface area contributed by atoms with Crippen LogP contribution < -0.4 is 5.32 Å². The molecule has 1 N–H and O–H groups in total. The second-order valence-electron chi connectivity index (χ2n) is 5.96. The van der Waals surface area contributed by atoms with E-state index in [1.807, 2.05) is 5.51 Å². The molecule has 0 amide bonds. The average molecular weight is 295 g/mol. The maximum atomic E-state index is 4.78. The molecule has 2 aromatic rings. The highest BCUT2D eigenvalue weighted by molar-refractivity contribution is 7.15. The zero-order valence-electron chi connectivity index (χ0n) is 12.2. The molecule has 0 bridgehead atoms. The largest absolute Gasteiger partial charge is 0.307 e. The molecule has 0 aliphatic heterocycles. The summed E-state index contributed by atoms with van der Waals surface area (Å²) < 4.78 is 0. The summed E-state index contributed by atoms with van der Waals surface area (Å²) in [4.78, 5) is 10.5. The summed E-state index contributed by atoms with van der Waals surface area (Å²) in [6.07, 6.45) is 0. The fourth-order valence-electron chi connectivity index (χ4n) is 1.71. The van der Waals surface area contributed by atoms with Gasteiger partial charge in [0.05, 0.1) is 11.2 Å². The van der Waals surface area contributed by atoms with Gasteiger partial charge in [0, 0.05) is 22.3 Å². The molecule has 0 aliphatic rings. The molecule has 3 nitrogen and oxygen atoms in total. The van der Waals surface area contributed by atoms with E-state index in [1.165, 1.54) is 10.6 Å². The van der Waals surface area contributed by atoms with Gasteiger partial charge in [0.15, 0.2) is 0 Å². The number of hydrogen-bond acceptors (Lipinski definition) is 5. The molecule has 0 atom stereocenters. The predicted molar refractivity (Wildman–Crippen MR) is 83.9 cm³/mol. The second kappa shape index (κ2) is 5.69. The molecule has 2 rings (SSSR count). The van der Waals surface area contributed by atoms with E-state index in [1.54, 1.807) is 22.7 Å². The molecule has 0 saturated heterocycles. The number of rotatable bonds is 4. The zero-order valence-corrected chi connectivity index (χ0v) is 13.8. The Morgan fingerprint density at radius 3 is 2.58 bits per heavy atom. The highest BCUT2D eigenvalue weighted by Crippen LogP contribution is 2.31. The van der Waals surface area contributed by atoms with E-state index < -0.39 is 0 Å². The average Bonchev–Trinajstić information content (AvgIpc) is 2.94. The van der Waals surface area contributed by atoms with Crippen LogP contribution in [0.15, 0.2) is 10.9 Å². The van der Waals surface area contributed by atoms with Gasteiger partial charge in [-0.2, -0.15) is 0 Å². The first-order valence-electron chi connectivity index (χ1n) is 6.50. The smallest absolute Gasteiger partial charge is 0.143 e. The standard InChI is InChI=1S/C14H21N3S2/c1-9(2)12-11(6-16-14(3,4)5)19-13(17-12)10-7-18-8-15-10/h7-9,16H,6H2,1-5H3. The van der Waals surface area contributed by atoms with Crippen molar-refractivity contribution in [2.24, 2.45) is 0 Å². The maximum absolute atomic E-state index is 4.78. The lowest BCUT2D eigenvalue weighted by Gasteiger charge is -2.20. The van der Waals surface area contributed by atoms with E-state index in [9.17, 15) is 0 Å². The lowest BCUT2D eigenvalue weighted by Crippen LogP contribution is -2.35. The molecule has 5 heteroatoms. The van der Waals surface area contributed by atoms with E-state index in [0.717, 1.165) is 17.2 Å². The van der Waals surface area contributed by atoms with E-state index in [4.69, 9.17) is 4.98 Å². The Balaban J connectivity index is 2.26. The van der Waals surface area contributed by atoms with Gasteiger partial charge in [0.2, 0.25) is 0 Å². The fourth-order valence-corrected chi connectivity index (χ4v) is 3.45. The first kappa shape index (κ1) is 14.6. The molecule has 19 heavy (non-hydrogen) atoms. The molecule has 2 aromatic heterocycles. The monoisotopic (exact) mass is 295 g/mol. The molecule has 0 aliphatic carbocycles.